The van der Waals surface area contributed by atoms with E-state index in [1.54, 1.807) is 18.3 Å². The minimum Gasteiger partial charge on any atom is -0.383 e. The first kappa shape index (κ1) is 19.1. The molecule has 2 aromatic rings. The molecule has 4 rings (SSSR count). The lowest BCUT2D eigenvalue weighted by Gasteiger charge is -2.39. The molecule has 1 amide bonds. The van der Waals surface area contributed by atoms with Gasteiger partial charge >= 0.3 is 0 Å². The first-order valence-corrected chi connectivity index (χ1v) is 9.80. The summed E-state index contributed by atoms with van der Waals surface area (Å²) in [5, 5.41) is 15.3. The number of nitrogens with zero attached hydrogens (tertiary/aromatic N) is 3. The van der Waals surface area contributed by atoms with Gasteiger partial charge in [0, 0.05) is 31.7 Å². The molecule has 2 saturated heterocycles. The number of rotatable bonds is 3. The van der Waals surface area contributed by atoms with Gasteiger partial charge in [-0.05, 0) is 44.4 Å². The predicted octanol–water partition coefficient (Wildman–Crippen LogP) is 2.63. The number of hydrogen-bond acceptors (Lipinski definition) is 4. The highest BCUT2D eigenvalue weighted by Crippen LogP contribution is 2.45. The highest BCUT2D eigenvalue weighted by atomic mass is 19.1. The fourth-order valence-electron chi connectivity index (χ4n) is 4.44. The molecule has 1 aromatic heterocycles. The second-order valence-corrected chi connectivity index (χ2v) is 7.94. The zero-order chi connectivity index (χ0) is 19.9. The third-order valence-corrected chi connectivity index (χ3v) is 6.21. The maximum absolute atomic E-state index is 13.2. The van der Waals surface area contributed by atoms with Gasteiger partial charge in [0.1, 0.15) is 11.4 Å². The highest BCUT2D eigenvalue weighted by molar-refractivity contribution is 5.95. The summed E-state index contributed by atoms with van der Waals surface area (Å²) in [6.07, 6.45) is 3.44. The molecule has 150 valence electrons. The van der Waals surface area contributed by atoms with Crippen LogP contribution in [-0.2, 0) is 16.9 Å². The minimum atomic E-state index is -1.11. The van der Waals surface area contributed by atoms with E-state index in [0.717, 1.165) is 12.2 Å². The highest BCUT2D eigenvalue weighted by Gasteiger charge is 2.51. The quantitative estimate of drug-likeness (QED) is 0.879. The summed E-state index contributed by atoms with van der Waals surface area (Å²) >= 11 is 0. The zero-order valence-corrected chi connectivity index (χ0v) is 16.3. The first-order valence-electron chi connectivity index (χ1n) is 9.80. The Bertz CT molecular complexity index is 872. The van der Waals surface area contributed by atoms with E-state index in [1.807, 2.05) is 23.4 Å². The summed E-state index contributed by atoms with van der Waals surface area (Å²) in [5.41, 5.74) is 0.650. The smallest absolute Gasteiger partial charge is 0.257 e. The zero-order valence-electron chi connectivity index (χ0n) is 16.3. The second kappa shape index (κ2) is 6.97. The summed E-state index contributed by atoms with van der Waals surface area (Å²) in [5.74, 6) is -0.326. The van der Waals surface area contributed by atoms with Crippen molar-refractivity contribution in [2.45, 2.75) is 50.9 Å². The van der Waals surface area contributed by atoms with Crippen LogP contribution in [0.25, 0.3) is 0 Å². The molecule has 0 bridgehead atoms. The van der Waals surface area contributed by atoms with Gasteiger partial charge in [0.15, 0.2) is 0 Å². The van der Waals surface area contributed by atoms with Crippen LogP contribution in [0, 0.1) is 12.7 Å². The number of carbonyl (C=O) groups excluding carboxylic acids is 1. The summed E-state index contributed by atoms with van der Waals surface area (Å²) in [4.78, 5) is 14.7. The number of hydrogen-bond donors (Lipinski definition) is 1. The van der Waals surface area contributed by atoms with Crippen LogP contribution < -0.4 is 0 Å². The number of likely N-dealkylation sites (tertiary alicyclic amines) is 1. The first-order chi connectivity index (χ1) is 13.4. The average Bonchev–Trinajstić information content (AvgIpc) is 3.23. The van der Waals surface area contributed by atoms with E-state index in [2.05, 4.69) is 5.10 Å². The SMILES string of the molecule is CCn1ncc(C(=O)N2CCC3(CC2)C[C@@](O)(c2ccc(F)cc2)CO3)c1C. The van der Waals surface area contributed by atoms with Crippen LogP contribution in [-0.4, -0.2) is 51.0 Å². The van der Waals surface area contributed by atoms with E-state index >= 15 is 0 Å². The lowest BCUT2D eigenvalue weighted by molar-refractivity contribution is -0.0431. The molecule has 2 aliphatic rings. The van der Waals surface area contributed by atoms with E-state index in [1.165, 1.54) is 12.1 Å². The fourth-order valence-corrected chi connectivity index (χ4v) is 4.44. The number of aryl methyl sites for hydroxylation is 1. The van der Waals surface area contributed by atoms with Crippen LogP contribution in [0.2, 0.25) is 0 Å². The van der Waals surface area contributed by atoms with Crippen LogP contribution in [0.1, 0.15) is 47.8 Å². The van der Waals surface area contributed by atoms with Crippen molar-refractivity contribution in [2.75, 3.05) is 19.7 Å². The van der Waals surface area contributed by atoms with E-state index in [-0.39, 0.29) is 18.3 Å². The largest absolute Gasteiger partial charge is 0.383 e. The molecule has 1 N–H and O–H groups in total. The summed E-state index contributed by atoms with van der Waals surface area (Å²) in [7, 11) is 0. The monoisotopic (exact) mass is 387 g/mol. The van der Waals surface area contributed by atoms with Crippen molar-refractivity contribution in [3.8, 4) is 0 Å². The van der Waals surface area contributed by atoms with Crippen molar-refractivity contribution in [3.63, 3.8) is 0 Å². The lowest BCUT2D eigenvalue weighted by Crippen LogP contribution is -2.47. The molecule has 0 radical (unpaired) electrons. The number of piperidine rings is 1. The molecule has 1 atom stereocenters. The van der Waals surface area contributed by atoms with E-state index in [4.69, 9.17) is 4.74 Å². The van der Waals surface area contributed by atoms with Gasteiger partial charge in [-0.2, -0.15) is 5.10 Å². The van der Waals surface area contributed by atoms with Crippen molar-refractivity contribution in [1.82, 2.24) is 14.7 Å². The van der Waals surface area contributed by atoms with Gasteiger partial charge < -0.3 is 14.7 Å². The predicted molar refractivity (Wildman–Crippen MR) is 101 cm³/mol. The molecule has 6 nitrogen and oxygen atoms in total. The molecule has 3 heterocycles. The molecular weight excluding hydrogens is 361 g/mol. The van der Waals surface area contributed by atoms with Crippen molar-refractivity contribution < 1.29 is 19.0 Å². The molecule has 2 fully saturated rings. The van der Waals surface area contributed by atoms with Gasteiger partial charge in [0.05, 0.1) is 24.0 Å². The maximum Gasteiger partial charge on any atom is 0.257 e. The van der Waals surface area contributed by atoms with Gasteiger partial charge in [-0.25, -0.2) is 4.39 Å². The van der Waals surface area contributed by atoms with E-state index in [9.17, 15) is 14.3 Å². The third kappa shape index (κ3) is 3.22. The Morgan fingerprint density at radius 3 is 2.57 bits per heavy atom. The molecule has 0 aliphatic carbocycles. The minimum absolute atomic E-state index is 0.00107. The Labute approximate surface area is 163 Å². The van der Waals surface area contributed by atoms with Gasteiger partial charge in [-0.3, -0.25) is 9.48 Å². The van der Waals surface area contributed by atoms with Crippen LogP contribution in [0.15, 0.2) is 30.5 Å². The number of carbonyl (C=O) groups is 1. The number of benzene rings is 1. The molecule has 0 saturated carbocycles. The van der Waals surface area contributed by atoms with Crippen LogP contribution in [0.4, 0.5) is 4.39 Å². The normalized spacial score (nSPS) is 24.1. The average molecular weight is 387 g/mol. The van der Waals surface area contributed by atoms with Gasteiger partial charge in [0.25, 0.3) is 5.91 Å². The number of aromatic nitrogens is 2. The van der Waals surface area contributed by atoms with Crippen LogP contribution in [0.3, 0.4) is 0 Å². The molecule has 1 spiro atoms. The molecule has 2 aliphatic heterocycles. The van der Waals surface area contributed by atoms with E-state index < -0.39 is 11.2 Å². The Morgan fingerprint density at radius 2 is 1.96 bits per heavy atom. The topological polar surface area (TPSA) is 67.6 Å². The van der Waals surface area contributed by atoms with Crippen molar-refractivity contribution >= 4 is 5.91 Å². The number of amides is 1. The fraction of sp³-hybridized carbons (Fsp3) is 0.524. The summed E-state index contributed by atoms with van der Waals surface area (Å²) in [6.45, 7) is 5.99. The van der Waals surface area contributed by atoms with Gasteiger partial charge in [0.2, 0.25) is 0 Å². The van der Waals surface area contributed by atoms with Gasteiger partial charge in [-0.1, -0.05) is 12.1 Å². The van der Waals surface area contributed by atoms with Gasteiger partial charge in [-0.15, -0.1) is 0 Å². The number of aliphatic hydroxyl groups is 1. The lowest BCUT2D eigenvalue weighted by atomic mass is 9.80. The van der Waals surface area contributed by atoms with Crippen molar-refractivity contribution in [1.29, 1.82) is 0 Å². The van der Waals surface area contributed by atoms with Crippen molar-refractivity contribution in [3.05, 3.63) is 53.1 Å². The number of ether oxygens (including phenoxy) is 1. The molecule has 1 aromatic carbocycles. The van der Waals surface area contributed by atoms with E-state index in [0.29, 0.717) is 43.5 Å². The van der Waals surface area contributed by atoms with Crippen LogP contribution >= 0.6 is 0 Å². The molecule has 7 heteroatoms. The van der Waals surface area contributed by atoms with Crippen LogP contribution in [0.5, 0.6) is 0 Å². The maximum atomic E-state index is 13.2. The molecule has 0 unspecified atom stereocenters. The Balaban J connectivity index is 1.43. The number of halogens is 1. The molecule has 28 heavy (non-hydrogen) atoms. The third-order valence-electron chi connectivity index (χ3n) is 6.21. The summed E-state index contributed by atoms with van der Waals surface area (Å²) < 4.78 is 21.1. The summed E-state index contributed by atoms with van der Waals surface area (Å²) in [6, 6.07) is 5.95. The van der Waals surface area contributed by atoms with Crippen molar-refractivity contribution in [2.24, 2.45) is 0 Å². The standard InChI is InChI=1S/C21H26FN3O3/c1-3-25-15(2)18(12-23-25)19(26)24-10-8-20(9-11-24)13-21(27,14-28-20)16-4-6-17(22)7-5-16/h4-7,12,27H,3,8-11,13-14H2,1-2H3/t21-/m0/s1. The Morgan fingerprint density at radius 1 is 1.29 bits per heavy atom. The Kier molecular flexibility index (Phi) is 4.75. The second-order valence-electron chi connectivity index (χ2n) is 7.94. The Hall–Kier alpha value is -2.25. The molecular formula is C21H26FN3O3.